The van der Waals surface area contributed by atoms with Gasteiger partial charge in [0.2, 0.25) is 5.91 Å². The van der Waals surface area contributed by atoms with Gasteiger partial charge in [-0.15, -0.1) is 0 Å². The predicted molar refractivity (Wildman–Crippen MR) is 76.4 cm³/mol. The second-order valence-corrected chi connectivity index (χ2v) is 5.10. The van der Waals surface area contributed by atoms with E-state index < -0.39 is 5.54 Å². The summed E-state index contributed by atoms with van der Waals surface area (Å²) in [7, 11) is 1.66. The summed E-state index contributed by atoms with van der Waals surface area (Å²) in [5.74, 6) is 0.0196. The van der Waals surface area contributed by atoms with Gasteiger partial charge in [-0.25, -0.2) is 4.99 Å². The Bertz CT molecular complexity index is 540. The SMILES string of the molecule is CC[C@H]1C(=O)N(C)C(N)=N[C@]1(C)c1cccc(N)c1. The standard InChI is InChI=1S/C14H20N4O/c1-4-11-12(19)18(3)13(16)17-14(11,2)9-6-5-7-10(15)8-9/h5-8,11H,4,15H2,1-3H3,(H2,16,17)/t11-,14+/m0/s1. The quantitative estimate of drug-likeness (QED) is 0.786. The van der Waals surface area contributed by atoms with Crippen LogP contribution in [-0.2, 0) is 10.3 Å². The number of nitrogens with zero attached hydrogens (tertiary/aromatic N) is 2. The number of guanidine groups is 1. The summed E-state index contributed by atoms with van der Waals surface area (Å²) in [6.07, 6.45) is 0.700. The minimum atomic E-state index is -0.655. The van der Waals surface area contributed by atoms with Crippen LogP contribution in [0.25, 0.3) is 0 Å². The first-order valence-corrected chi connectivity index (χ1v) is 6.39. The Morgan fingerprint density at radius 3 is 2.68 bits per heavy atom. The third kappa shape index (κ3) is 2.05. The molecule has 0 aromatic heterocycles. The molecule has 5 nitrogen and oxygen atoms in total. The molecule has 1 amide bonds. The highest BCUT2D eigenvalue weighted by Crippen LogP contribution is 2.39. The lowest BCUT2D eigenvalue weighted by molar-refractivity contribution is -0.134. The first-order valence-electron chi connectivity index (χ1n) is 6.39. The Labute approximate surface area is 113 Å². The molecule has 2 atom stereocenters. The average Bonchev–Trinajstić information content (AvgIpc) is 2.37. The van der Waals surface area contributed by atoms with Crippen LogP contribution in [0.3, 0.4) is 0 Å². The van der Waals surface area contributed by atoms with Crippen molar-refractivity contribution in [1.82, 2.24) is 4.90 Å². The fourth-order valence-electron chi connectivity index (χ4n) is 2.67. The van der Waals surface area contributed by atoms with Crippen molar-refractivity contribution in [2.24, 2.45) is 16.6 Å². The average molecular weight is 260 g/mol. The fourth-order valence-corrected chi connectivity index (χ4v) is 2.67. The molecule has 102 valence electrons. The van der Waals surface area contributed by atoms with E-state index in [4.69, 9.17) is 11.5 Å². The number of anilines is 1. The minimum absolute atomic E-state index is 0.0000699. The Hall–Kier alpha value is -2.04. The number of aliphatic imine (C=N–C) groups is 1. The van der Waals surface area contributed by atoms with Crippen LogP contribution in [0, 0.1) is 5.92 Å². The maximum Gasteiger partial charge on any atom is 0.234 e. The molecule has 0 saturated carbocycles. The third-order valence-corrected chi connectivity index (χ3v) is 3.88. The van der Waals surface area contributed by atoms with E-state index in [9.17, 15) is 4.79 Å². The number of rotatable bonds is 2. The Kier molecular flexibility index (Phi) is 3.22. The highest BCUT2D eigenvalue weighted by atomic mass is 16.2. The van der Waals surface area contributed by atoms with Crippen LogP contribution in [0.4, 0.5) is 5.69 Å². The number of benzene rings is 1. The van der Waals surface area contributed by atoms with Gasteiger partial charge in [0.1, 0.15) is 0 Å². The minimum Gasteiger partial charge on any atom is -0.399 e. The normalized spacial score (nSPS) is 27.3. The molecule has 0 spiro atoms. The van der Waals surface area contributed by atoms with Crippen LogP contribution in [0.1, 0.15) is 25.8 Å². The van der Waals surface area contributed by atoms with Gasteiger partial charge in [0, 0.05) is 12.7 Å². The predicted octanol–water partition coefficient (Wildman–Crippen LogP) is 1.30. The van der Waals surface area contributed by atoms with Crippen molar-refractivity contribution in [3.8, 4) is 0 Å². The third-order valence-electron chi connectivity index (χ3n) is 3.88. The molecular formula is C14H20N4O. The van der Waals surface area contributed by atoms with Crippen LogP contribution in [0.2, 0.25) is 0 Å². The molecule has 0 saturated heterocycles. The van der Waals surface area contributed by atoms with Crippen LogP contribution in [0.15, 0.2) is 29.3 Å². The van der Waals surface area contributed by atoms with Gasteiger partial charge in [0.15, 0.2) is 5.96 Å². The first-order chi connectivity index (χ1) is 8.90. The van der Waals surface area contributed by atoms with E-state index >= 15 is 0 Å². The van der Waals surface area contributed by atoms with Crippen LogP contribution in [0.5, 0.6) is 0 Å². The lowest BCUT2D eigenvalue weighted by atomic mass is 9.76. The van der Waals surface area contributed by atoms with Crippen molar-refractivity contribution in [3.05, 3.63) is 29.8 Å². The molecule has 1 aromatic rings. The van der Waals surface area contributed by atoms with Gasteiger partial charge in [-0.3, -0.25) is 9.69 Å². The Morgan fingerprint density at radius 2 is 2.11 bits per heavy atom. The van der Waals surface area contributed by atoms with Crippen molar-refractivity contribution in [3.63, 3.8) is 0 Å². The highest BCUT2D eigenvalue weighted by Gasteiger charge is 2.45. The summed E-state index contributed by atoms with van der Waals surface area (Å²) in [5, 5.41) is 0. The van der Waals surface area contributed by atoms with Crippen molar-refractivity contribution in [2.75, 3.05) is 12.8 Å². The van der Waals surface area contributed by atoms with E-state index in [0.717, 1.165) is 5.56 Å². The molecule has 4 N–H and O–H groups in total. The van der Waals surface area contributed by atoms with Gasteiger partial charge in [-0.2, -0.15) is 0 Å². The summed E-state index contributed by atoms with van der Waals surface area (Å²) < 4.78 is 0. The fraction of sp³-hybridized carbons (Fsp3) is 0.429. The molecule has 1 aliphatic rings. The molecule has 1 heterocycles. The number of carbonyl (C=O) groups excluding carboxylic acids is 1. The molecule has 0 fully saturated rings. The van der Waals surface area contributed by atoms with Gasteiger partial charge in [0.25, 0.3) is 0 Å². The van der Waals surface area contributed by atoms with Gasteiger partial charge in [-0.1, -0.05) is 19.1 Å². The van der Waals surface area contributed by atoms with Gasteiger partial charge in [-0.05, 0) is 31.0 Å². The van der Waals surface area contributed by atoms with Crippen molar-refractivity contribution >= 4 is 17.6 Å². The number of carbonyl (C=O) groups is 1. The molecule has 0 unspecified atom stereocenters. The van der Waals surface area contributed by atoms with E-state index in [1.165, 1.54) is 4.90 Å². The van der Waals surface area contributed by atoms with Crippen molar-refractivity contribution < 1.29 is 4.79 Å². The maximum atomic E-state index is 12.4. The number of nitrogen functional groups attached to an aromatic ring is 1. The first kappa shape index (κ1) is 13.4. The van der Waals surface area contributed by atoms with Gasteiger partial charge >= 0.3 is 0 Å². The van der Waals surface area contributed by atoms with Crippen molar-refractivity contribution in [1.29, 1.82) is 0 Å². The molecule has 2 rings (SSSR count). The summed E-state index contributed by atoms with van der Waals surface area (Å²) in [4.78, 5) is 18.3. The van der Waals surface area contributed by atoms with Crippen LogP contribution >= 0.6 is 0 Å². The molecule has 1 aliphatic heterocycles. The molecule has 0 aliphatic carbocycles. The zero-order valence-corrected chi connectivity index (χ0v) is 11.6. The Balaban J connectivity index is 2.59. The molecule has 5 heteroatoms. The molecule has 0 bridgehead atoms. The molecular weight excluding hydrogens is 240 g/mol. The highest BCUT2D eigenvalue weighted by molar-refractivity contribution is 6.00. The molecule has 0 radical (unpaired) electrons. The largest absolute Gasteiger partial charge is 0.399 e. The summed E-state index contributed by atoms with van der Waals surface area (Å²) in [6, 6.07) is 7.49. The summed E-state index contributed by atoms with van der Waals surface area (Å²) in [6.45, 7) is 3.92. The summed E-state index contributed by atoms with van der Waals surface area (Å²) >= 11 is 0. The monoisotopic (exact) mass is 260 g/mol. The molecule has 19 heavy (non-hydrogen) atoms. The van der Waals surface area contributed by atoms with Gasteiger partial charge in [0.05, 0.1) is 11.5 Å². The second-order valence-electron chi connectivity index (χ2n) is 5.10. The lowest BCUT2D eigenvalue weighted by Crippen LogP contribution is -2.53. The lowest BCUT2D eigenvalue weighted by Gasteiger charge is -2.40. The number of amides is 1. The zero-order chi connectivity index (χ0) is 14.2. The van der Waals surface area contributed by atoms with E-state index in [0.29, 0.717) is 12.1 Å². The second kappa shape index (κ2) is 4.57. The van der Waals surface area contributed by atoms with Crippen LogP contribution in [-0.4, -0.2) is 23.8 Å². The van der Waals surface area contributed by atoms with Gasteiger partial charge < -0.3 is 11.5 Å². The number of hydrogen-bond acceptors (Lipinski definition) is 4. The molecule has 1 aromatic carbocycles. The Morgan fingerprint density at radius 1 is 1.42 bits per heavy atom. The number of hydrogen-bond donors (Lipinski definition) is 2. The van der Waals surface area contributed by atoms with Crippen molar-refractivity contribution in [2.45, 2.75) is 25.8 Å². The summed E-state index contributed by atoms with van der Waals surface area (Å²) in [5.41, 5.74) is 12.6. The smallest absolute Gasteiger partial charge is 0.234 e. The maximum absolute atomic E-state index is 12.4. The van der Waals surface area contributed by atoms with E-state index in [-0.39, 0.29) is 17.8 Å². The van der Waals surface area contributed by atoms with E-state index in [1.807, 2.05) is 38.1 Å². The topological polar surface area (TPSA) is 84.7 Å². The van der Waals surface area contributed by atoms with E-state index in [2.05, 4.69) is 4.99 Å². The zero-order valence-electron chi connectivity index (χ0n) is 11.6. The van der Waals surface area contributed by atoms with Crippen LogP contribution < -0.4 is 11.5 Å². The number of nitrogens with two attached hydrogens (primary N) is 2. The van der Waals surface area contributed by atoms with E-state index in [1.54, 1.807) is 7.05 Å².